The number of anilines is 1. The van der Waals surface area contributed by atoms with Crippen LogP contribution in [0.25, 0.3) is 0 Å². The van der Waals surface area contributed by atoms with Crippen LogP contribution in [0.3, 0.4) is 0 Å². The van der Waals surface area contributed by atoms with Crippen LogP contribution in [0, 0.1) is 0 Å². The number of rotatable bonds is 5. The summed E-state index contributed by atoms with van der Waals surface area (Å²) >= 11 is 9.18. The SMILES string of the molecule is O=C(CCSc1cccs1)Nc1ccc(Cl)cc1. The largest absolute Gasteiger partial charge is 0.326 e. The molecule has 0 aliphatic heterocycles. The third-order valence-corrected chi connectivity index (χ3v) is 4.58. The molecule has 1 aromatic heterocycles. The van der Waals surface area contributed by atoms with Gasteiger partial charge in [-0.25, -0.2) is 0 Å². The van der Waals surface area contributed by atoms with Crippen LogP contribution in [0.5, 0.6) is 0 Å². The molecule has 1 N–H and O–H groups in total. The molecule has 1 aromatic carbocycles. The molecule has 0 fully saturated rings. The maximum absolute atomic E-state index is 11.7. The topological polar surface area (TPSA) is 29.1 Å². The van der Waals surface area contributed by atoms with Crippen molar-refractivity contribution < 1.29 is 4.79 Å². The molecule has 0 spiro atoms. The van der Waals surface area contributed by atoms with Crippen molar-refractivity contribution in [2.45, 2.75) is 10.6 Å². The number of nitrogens with one attached hydrogen (secondary N) is 1. The Kier molecular flexibility index (Phi) is 5.11. The van der Waals surface area contributed by atoms with E-state index in [0.717, 1.165) is 11.4 Å². The fourth-order valence-corrected chi connectivity index (χ4v) is 3.27. The van der Waals surface area contributed by atoms with Gasteiger partial charge in [0.05, 0.1) is 4.21 Å². The summed E-state index contributed by atoms with van der Waals surface area (Å²) in [6, 6.07) is 11.2. The van der Waals surface area contributed by atoms with Crippen molar-refractivity contribution in [1.29, 1.82) is 0 Å². The normalized spacial score (nSPS) is 10.3. The van der Waals surface area contributed by atoms with Crippen LogP contribution in [0.2, 0.25) is 5.02 Å². The molecule has 0 aliphatic rings. The number of benzene rings is 1. The number of thiophene rings is 1. The molecule has 0 bridgehead atoms. The molecule has 18 heavy (non-hydrogen) atoms. The Morgan fingerprint density at radius 2 is 2.06 bits per heavy atom. The summed E-state index contributed by atoms with van der Waals surface area (Å²) in [7, 11) is 0. The van der Waals surface area contributed by atoms with Gasteiger partial charge in [0.2, 0.25) is 5.91 Å². The standard InChI is InChI=1S/C13H12ClNOS2/c14-10-3-5-11(6-4-10)15-12(16)7-9-18-13-2-1-8-17-13/h1-6,8H,7,9H2,(H,15,16). The average molecular weight is 298 g/mol. The molecule has 0 saturated heterocycles. The Labute approximate surface area is 119 Å². The predicted molar refractivity (Wildman–Crippen MR) is 79.7 cm³/mol. The zero-order chi connectivity index (χ0) is 12.8. The third-order valence-electron chi connectivity index (χ3n) is 2.20. The molecule has 0 aliphatic carbocycles. The first-order valence-corrected chi connectivity index (χ1v) is 7.70. The molecular weight excluding hydrogens is 286 g/mol. The minimum atomic E-state index is 0.0291. The van der Waals surface area contributed by atoms with Crippen molar-refractivity contribution in [2.24, 2.45) is 0 Å². The van der Waals surface area contributed by atoms with E-state index in [-0.39, 0.29) is 5.91 Å². The van der Waals surface area contributed by atoms with Crippen molar-refractivity contribution in [2.75, 3.05) is 11.1 Å². The summed E-state index contributed by atoms with van der Waals surface area (Å²) in [5.41, 5.74) is 0.783. The molecule has 0 unspecified atom stereocenters. The van der Waals surface area contributed by atoms with Gasteiger partial charge < -0.3 is 5.32 Å². The lowest BCUT2D eigenvalue weighted by Gasteiger charge is -2.04. The highest BCUT2D eigenvalue weighted by Gasteiger charge is 2.03. The van der Waals surface area contributed by atoms with E-state index < -0.39 is 0 Å². The zero-order valence-electron chi connectivity index (χ0n) is 9.56. The molecule has 94 valence electrons. The van der Waals surface area contributed by atoms with Gasteiger partial charge in [0.15, 0.2) is 0 Å². The quantitative estimate of drug-likeness (QED) is 0.822. The lowest BCUT2D eigenvalue weighted by Crippen LogP contribution is -2.11. The Morgan fingerprint density at radius 1 is 1.28 bits per heavy atom. The minimum Gasteiger partial charge on any atom is -0.326 e. The highest BCUT2D eigenvalue weighted by atomic mass is 35.5. The van der Waals surface area contributed by atoms with E-state index in [9.17, 15) is 4.79 Å². The molecule has 0 saturated carbocycles. The van der Waals surface area contributed by atoms with Crippen molar-refractivity contribution in [3.8, 4) is 0 Å². The Bertz CT molecular complexity index is 496. The first-order chi connectivity index (χ1) is 8.74. The van der Waals surface area contributed by atoms with Crippen molar-refractivity contribution in [3.05, 3.63) is 46.8 Å². The van der Waals surface area contributed by atoms with Gasteiger partial charge in [-0.05, 0) is 35.7 Å². The van der Waals surface area contributed by atoms with Gasteiger partial charge in [0, 0.05) is 22.9 Å². The third kappa shape index (κ3) is 4.37. The van der Waals surface area contributed by atoms with Crippen molar-refractivity contribution in [3.63, 3.8) is 0 Å². The Hall–Kier alpha value is -0.970. The molecule has 2 nitrogen and oxygen atoms in total. The molecule has 1 heterocycles. The lowest BCUT2D eigenvalue weighted by molar-refractivity contribution is -0.115. The van der Waals surface area contributed by atoms with E-state index >= 15 is 0 Å². The van der Waals surface area contributed by atoms with Crippen LogP contribution in [0.1, 0.15) is 6.42 Å². The van der Waals surface area contributed by atoms with Crippen molar-refractivity contribution >= 4 is 46.3 Å². The second-order valence-electron chi connectivity index (χ2n) is 3.59. The smallest absolute Gasteiger partial charge is 0.225 e. The van der Waals surface area contributed by atoms with E-state index in [1.807, 2.05) is 11.4 Å². The summed E-state index contributed by atoms with van der Waals surface area (Å²) in [6.07, 6.45) is 0.505. The second kappa shape index (κ2) is 6.83. The molecule has 2 rings (SSSR count). The molecule has 5 heteroatoms. The van der Waals surface area contributed by atoms with Crippen LogP contribution in [0.4, 0.5) is 5.69 Å². The van der Waals surface area contributed by atoms with E-state index in [0.29, 0.717) is 11.4 Å². The zero-order valence-corrected chi connectivity index (χ0v) is 11.9. The minimum absolute atomic E-state index is 0.0291. The fourth-order valence-electron chi connectivity index (χ4n) is 1.35. The van der Waals surface area contributed by atoms with Crippen LogP contribution in [-0.2, 0) is 4.79 Å². The number of hydrogen-bond donors (Lipinski definition) is 1. The highest BCUT2D eigenvalue weighted by Crippen LogP contribution is 2.24. The van der Waals surface area contributed by atoms with E-state index in [1.165, 1.54) is 4.21 Å². The summed E-state index contributed by atoms with van der Waals surface area (Å²) in [5, 5.41) is 5.55. The van der Waals surface area contributed by atoms with Gasteiger partial charge in [-0.1, -0.05) is 17.7 Å². The number of carbonyl (C=O) groups is 1. The summed E-state index contributed by atoms with van der Waals surface area (Å²) in [5.74, 6) is 0.821. The number of hydrogen-bond acceptors (Lipinski definition) is 3. The van der Waals surface area contributed by atoms with Gasteiger partial charge in [-0.15, -0.1) is 23.1 Å². The van der Waals surface area contributed by atoms with Gasteiger partial charge in [-0.2, -0.15) is 0 Å². The summed E-state index contributed by atoms with van der Waals surface area (Å²) in [4.78, 5) is 11.7. The average Bonchev–Trinajstić information content (AvgIpc) is 2.85. The summed E-state index contributed by atoms with van der Waals surface area (Å²) < 4.78 is 1.24. The van der Waals surface area contributed by atoms with Crippen molar-refractivity contribution in [1.82, 2.24) is 0 Å². The number of thioether (sulfide) groups is 1. The number of amides is 1. The van der Waals surface area contributed by atoms with Gasteiger partial charge >= 0.3 is 0 Å². The first kappa shape index (κ1) is 13.5. The van der Waals surface area contributed by atoms with Crippen LogP contribution in [-0.4, -0.2) is 11.7 Å². The Balaban J connectivity index is 1.73. The Morgan fingerprint density at radius 3 is 2.72 bits per heavy atom. The summed E-state index contributed by atoms with van der Waals surface area (Å²) in [6.45, 7) is 0. The highest BCUT2D eigenvalue weighted by molar-refractivity contribution is 8.01. The van der Waals surface area contributed by atoms with Gasteiger partial charge in [-0.3, -0.25) is 4.79 Å². The van der Waals surface area contributed by atoms with E-state index in [4.69, 9.17) is 11.6 Å². The number of halogens is 1. The maximum atomic E-state index is 11.7. The molecule has 0 atom stereocenters. The molecule has 1 amide bonds. The lowest BCUT2D eigenvalue weighted by atomic mass is 10.3. The van der Waals surface area contributed by atoms with Crippen LogP contribution in [0.15, 0.2) is 46.0 Å². The predicted octanol–water partition coefficient (Wildman–Crippen LogP) is 4.52. The maximum Gasteiger partial charge on any atom is 0.225 e. The van der Waals surface area contributed by atoms with Gasteiger partial charge in [0.25, 0.3) is 0 Å². The monoisotopic (exact) mass is 297 g/mol. The molecule has 2 aromatic rings. The van der Waals surface area contributed by atoms with E-state index in [1.54, 1.807) is 47.4 Å². The van der Waals surface area contributed by atoms with Crippen LogP contribution >= 0.6 is 34.7 Å². The first-order valence-electron chi connectivity index (χ1n) is 5.46. The molecular formula is C13H12ClNOS2. The fraction of sp³-hybridized carbons (Fsp3) is 0.154. The van der Waals surface area contributed by atoms with E-state index in [2.05, 4.69) is 11.4 Å². The number of carbonyl (C=O) groups excluding carboxylic acids is 1. The molecule has 0 radical (unpaired) electrons. The van der Waals surface area contributed by atoms with Gasteiger partial charge in [0.1, 0.15) is 0 Å². The van der Waals surface area contributed by atoms with Crippen LogP contribution < -0.4 is 5.32 Å². The second-order valence-corrected chi connectivity index (χ2v) is 6.36.